The van der Waals surface area contributed by atoms with Crippen molar-refractivity contribution in [3.63, 3.8) is 0 Å². The smallest absolute Gasteiger partial charge is 0.349 e. The number of carboxylic acids is 3. The summed E-state index contributed by atoms with van der Waals surface area (Å²) in [6.07, 6.45) is 0.954. The lowest BCUT2D eigenvalue weighted by Gasteiger charge is -2.38. The molecular formula is C28H34N2O8. The monoisotopic (exact) mass is 526 g/mol. The molecular weight excluding hydrogens is 492 g/mol. The van der Waals surface area contributed by atoms with Crippen LogP contribution in [0.3, 0.4) is 0 Å². The van der Waals surface area contributed by atoms with Gasteiger partial charge in [0.05, 0.1) is 12.8 Å². The Morgan fingerprint density at radius 1 is 0.921 bits per heavy atom. The van der Waals surface area contributed by atoms with Crippen molar-refractivity contribution in [3.05, 3.63) is 60.2 Å². The molecule has 0 bridgehead atoms. The third-order valence-corrected chi connectivity index (χ3v) is 6.74. The normalized spacial score (nSPS) is 14.6. The average Bonchev–Trinajstić information content (AvgIpc) is 2.88. The van der Waals surface area contributed by atoms with Crippen molar-refractivity contribution in [2.24, 2.45) is 0 Å². The first-order valence-corrected chi connectivity index (χ1v) is 12.7. The van der Waals surface area contributed by atoms with E-state index >= 15 is 0 Å². The van der Waals surface area contributed by atoms with E-state index in [2.05, 4.69) is 4.90 Å². The van der Waals surface area contributed by atoms with Crippen LogP contribution in [0.2, 0.25) is 0 Å². The Bertz CT molecular complexity index is 1100. The van der Waals surface area contributed by atoms with Gasteiger partial charge in [-0.25, -0.2) is 4.79 Å². The van der Waals surface area contributed by atoms with Crippen LogP contribution in [-0.2, 0) is 25.6 Å². The Morgan fingerprint density at radius 3 is 2.00 bits per heavy atom. The molecule has 1 fully saturated rings. The van der Waals surface area contributed by atoms with Crippen LogP contribution in [0.1, 0.15) is 44.6 Å². The number of rotatable bonds is 13. The molecule has 2 aromatic rings. The fourth-order valence-electron chi connectivity index (χ4n) is 4.77. The van der Waals surface area contributed by atoms with Crippen molar-refractivity contribution < 1.29 is 39.2 Å². The van der Waals surface area contributed by atoms with Crippen molar-refractivity contribution in [2.75, 3.05) is 24.5 Å². The molecule has 0 radical (unpaired) electrons. The summed E-state index contributed by atoms with van der Waals surface area (Å²) < 4.78 is 5.43. The summed E-state index contributed by atoms with van der Waals surface area (Å²) in [5.74, 6) is -4.39. The maximum Gasteiger partial charge on any atom is 0.349 e. The van der Waals surface area contributed by atoms with E-state index in [1.807, 2.05) is 42.2 Å². The summed E-state index contributed by atoms with van der Waals surface area (Å²) in [7, 11) is 0. The zero-order chi connectivity index (χ0) is 27.7. The highest BCUT2D eigenvalue weighted by molar-refractivity contribution is 5.93. The second kappa shape index (κ2) is 13.0. The van der Waals surface area contributed by atoms with Gasteiger partial charge in [-0.2, -0.15) is 0 Å². The molecule has 1 heterocycles. The zero-order valence-electron chi connectivity index (χ0n) is 21.4. The van der Waals surface area contributed by atoms with Crippen LogP contribution in [0.5, 0.6) is 5.75 Å². The van der Waals surface area contributed by atoms with Crippen LogP contribution in [0.4, 0.5) is 5.69 Å². The van der Waals surface area contributed by atoms with Crippen LogP contribution in [0.25, 0.3) is 0 Å². The molecule has 1 aliphatic heterocycles. The first-order valence-electron chi connectivity index (χ1n) is 12.7. The van der Waals surface area contributed by atoms with Gasteiger partial charge in [0.1, 0.15) is 5.75 Å². The Balaban J connectivity index is 1.57. The number of benzene rings is 2. The number of nitrogens with zero attached hydrogens (tertiary/aromatic N) is 2. The molecule has 0 aromatic heterocycles. The number of hydrogen-bond donors (Lipinski definition) is 3. The van der Waals surface area contributed by atoms with Gasteiger partial charge in [0.2, 0.25) is 11.5 Å². The van der Waals surface area contributed by atoms with Crippen molar-refractivity contribution in [3.8, 4) is 5.75 Å². The van der Waals surface area contributed by atoms with Gasteiger partial charge in [0.15, 0.2) is 0 Å². The number of carbonyl (C=O) groups excluding carboxylic acids is 1. The van der Waals surface area contributed by atoms with Gasteiger partial charge in [0, 0.05) is 37.8 Å². The maximum absolute atomic E-state index is 12.7. The molecule has 204 valence electrons. The fourth-order valence-corrected chi connectivity index (χ4v) is 4.77. The Hall–Kier alpha value is -3.92. The van der Waals surface area contributed by atoms with E-state index in [-0.39, 0.29) is 17.7 Å². The number of amides is 1. The van der Waals surface area contributed by atoms with E-state index in [4.69, 9.17) is 14.9 Å². The van der Waals surface area contributed by atoms with Gasteiger partial charge in [-0.05, 0) is 49.1 Å². The topological polar surface area (TPSA) is 145 Å². The average molecular weight is 527 g/mol. The molecule has 0 aliphatic carbocycles. The zero-order valence-corrected chi connectivity index (χ0v) is 21.4. The Morgan fingerprint density at radius 2 is 1.50 bits per heavy atom. The van der Waals surface area contributed by atoms with Gasteiger partial charge in [-0.3, -0.25) is 14.4 Å². The number of anilines is 1. The Labute approximate surface area is 221 Å². The summed E-state index contributed by atoms with van der Waals surface area (Å²) in [6, 6.07) is 16.5. The SMILES string of the molecule is CCC(=O)N(c1ccccc1)C1CCN(CCc2ccc(OC(CC(=O)O)(CC(=O)O)C(=O)O)cc2)CC1. The van der Waals surface area contributed by atoms with Crippen molar-refractivity contribution in [2.45, 2.75) is 57.1 Å². The number of para-hydroxylation sites is 1. The van der Waals surface area contributed by atoms with Crippen molar-refractivity contribution >= 4 is 29.5 Å². The summed E-state index contributed by atoms with van der Waals surface area (Å²) in [6.45, 7) is 4.40. The van der Waals surface area contributed by atoms with Crippen LogP contribution in [-0.4, -0.2) is 75.3 Å². The van der Waals surface area contributed by atoms with E-state index in [9.17, 15) is 24.3 Å². The minimum Gasteiger partial charge on any atom is -0.481 e. The van der Waals surface area contributed by atoms with E-state index in [0.29, 0.717) is 6.42 Å². The molecule has 3 rings (SSSR count). The van der Waals surface area contributed by atoms with Gasteiger partial charge < -0.3 is 29.9 Å². The lowest BCUT2D eigenvalue weighted by molar-refractivity contribution is -0.167. The third kappa shape index (κ3) is 7.55. The quantitative estimate of drug-likeness (QED) is 0.358. The molecule has 0 saturated carbocycles. The number of hydrogen-bond acceptors (Lipinski definition) is 6. The number of carboxylic acid groups (broad SMARTS) is 3. The minimum absolute atomic E-state index is 0.0843. The van der Waals surface area contributed by atoms with Crippen molar-refractivity contribution in [1.29, 1.82) is 0 Å². The molecule has 3 N–H and O–H groups in total. The second-order valence-corrected chi connectivity index (χ2v) is 9.46. The molecule has 0 unspecified atom stereocenters. The van der Waals surface area contributed by atoms with Crippen LogP contribution >= 0.6 is 0 Å². The van der Waals surface area contributed by atoms with E-state index in [1.165, 1.54) is 12.1 Å². The molecule has 1 aliphatic rings. The standard InChI is InChI=1S/C28H34N2O8/c1-2-24(31)30(21-6-4-3-5-7-21)22-13-16-29(17-14-22)15-12-20-8-10-23(11-9-20)38-28(27(36)37,18-25(32)33)19-26(34)35/h3-11,22H,2,12-19H2,1H3,(H,32,33)(H,34,35)(H,36,37). The first-order chi connectivity index (χ1) is 18.1. The highest BCUT2D eigenvalue weighted by Gasteiger charge is 2.46. The Kier molecular flexibility index (Phi) is 9.84. The van der Waals surface area contributed by atoms with Crippen LogP contribution < -0.4 is 9.64 Å². The molecule has 10 nitrogen and oxygen atoms in total. The van der Waals surface area contributed by atoms with Gasteiger partial charge in [-0.1, -0.05) is 37.3 Å². The van der Waals surface area contributed by atoms with Gasteiger partial charge in [-0.15, -0.1) is 0 Å². The number of ether oxygens (including phenoxy) is 1. The predicted molar refractivity (Wildman–Crippen MR) is 139 cm³/mol. The second-order valence-electron chi connectivity index (χ2n) is 9.46. The number of likely N-dealkylation sites (tertiary alicyclic amines) is 1. The lowest BCUT2D eigenvalue weighted by atomic mass is 9.95. The van der Waals surface area contributed by atoms with Gasteiger partial charge in [0.25, 0.3) is 0 Å². The summed E-state index contributed by atoms with van der Waals surface area (Å²) in [5, 5.41) is 27.8. The third-order valence-electron chi connectivity index (χ3n) is 6.74. The summed E-state index contributed by atoms with van der Waals surface area (Å²) in [5.41, 5.74) is -0.501. The maximum atomic E-state index is 12.7. The molecule has 38 heavy (non-hydrogen) atoms. The summed E-state index contributed by atoms with van der Waals surface area (Å²) in [4.78, 5) is 51.1. The minimum atomic E-state index is -2.41. The number of piperidine rings is 1. The highest BCUT2D eigenvalue weighted by Crippen LogP contribution is 2.27. The first kappa shape index (κ1) is 28.6. The molecule has 1 amide bonds. The molecule has 0 atom stereocenters. The molecule has 1 saturated heterocycles. The van der Waals surface area contributed by atoms with Crippen LogP contribution in [0.15, 0.2) is 54.6 Å². The molecule has 0 spiro atoms. The van der Waals surface area contributed by atoms with Crippen molar-refractivity contribution in [1.82, 2.24) is 4.90 Å². The van der Waals surface area contributed by atoms with Gasteiger partial charge >= 0.3 is 17.9 Å². The summed E-state index contributed by atoms with van der Waals surface area (Å²) >= 11 is 0. The van der Waals surface area contributed by atoms with E-state index in [1.54, 1.807) is 12.1 Å². The number of carbonyl (C=O) groups is 4. The highest BCUT2D eigenvalue weighted by atomic mass is 16.5. The van der Waals surface area contributed by atoms with E-state index in [0.717, 1.165) is 50.1 Å². The predicted octanol–water partition coefficient (Wildman–Crippen LogP) is 3.29. The lowest BCUT2D eigenvalue weighted by Crippen LogP contribution is -2.48. The van der Waals surface area contributed by atoms with E-state index < -0.39 is 36.4 Å². The molecule has 2 aromatic carbocycles. The van der Waals surface area contributed by atoms with Crippen LogP contribution in [0, 0.1) is 0 Å². The number of aliphatic carboxylic acids is 3. The fraction of sp³-hybridized carbons (Fsp3) is 0.429. The molecule has 10 heteroatoms. The largest absolute Gasteiger partial charge is 0.481 e.